The molecule has 2 unspecified atom stereocenters. The Morgan fingerprint density at radius 3 is 1.65 bits per heavy atom. The van der Waals surface area contributed by atoms with Gasteiger partial charge in [-0.25, -0.2) is 0 Å². The van der Waals surface area contributed by atoms with E-state index in [1.165, 1.54) is 64.2 Å². The minimum atomic E-state index is -0.315. The first kappa shape index (κ1) is 19.5. The van der Waals surface area contributed by atoms with Crippen LogP contribution in [0.5, 0.6) is 0 Å². The second-order valence-corrected chi connectivity index (χ2v) is 6.06. The van der Waals surface area contributed by atoms with Crippen molar-refractivity contribution in [3.63, 3.8) is 0 Å². The third kappa shape index (κ3) is 13.9. The fourth-order valence-electron chi connectivity index (χ4n) is 2.43. The van der Waals surface area contributed by atoms with Gasteiger partial charge in [0.25, 0.3) is 0 Å². The molecule has 0 aromatic carbocycles. The topological polar surface area (TPSA) is 46.2 Å². The minimum Gasteiger partial charge on any atom is -0.392 e. The lowest BCUT2D eigenvalue weighted by Crippen LogP contribution is -2.31. The molecule has 0 aromatic rings. The molecule has 2 nitrogen and oxygen atoms in total. The zero-order valence-corrected chi connectivity index (χ0v) is 13.4. The van der Waals surface area contributed by atoms with E-state index in [2.05, 4.69) is 5.92 Å². The van der Waals surface area contributed by atoms with Crippen LogP contribution in [0.3, 0.4) is 0 Å². The molecule has 0 radical (unpaired) electrons. The fraction of sp³-hybridized carbons (Fsp3) is 0.889. The first-order chi connectivity index (χ1) is 9.68. The van der Waals surface area contributed by atoms with Gasteiger partial charge in [-0.1, -0.05) is 64.2 Å². The molecule has 0 aromatic heterocycles. The van der Waals surface area contributed by atoms with Crippen LogP contribution in [0, 0.1) is 12.3 Å². The van der Waals surface area contributed by atoms with Crippen molar-refractivity contribution in [3.8, 4) is 12.3 Å². The highest BCUT2D eigenvalue weighted by Crippen LogP contribution is 2.13. The smallest absolute Gasteiger partial charge is 0.0688 e. The Balaban J connectivity index is 3.05. The van der Waals surface area contributed by atoms with Gasteiger partial charge in [0, 0.05) is 12.5 Å². The Morgan fingerprint density at radius 1 is 0.850 bits per heavy atom. The number of terminal acetylenes is 1. The summed E-state index contributed by atoms with van der Waals surface area (Å²) in [6.45, 7) is 1.87. The largest absolute Gasteiger partial charge is 0.392 e. The van der Waals surface area contributed by atoms with Gasteiger partial charge in [0.15, 0.2) is 0 Å². The quantitative estimate of drug-likeness (QED) is 0.366. The lowest BCUT2D eigenvalue weighted by Gasteiger charge is -2.13. The molecule has 0 saturated heterocycles. The SMILES string of the molecule is C#CCCCCCCCCCCCCCC(O)C(C)N. The van der Waals surface area contributed by atoms with Gasteiger partial charge in [-0.15, -0.1) is 12.3 Å². The molecule has 0 rings (SSSR count). The first-order valence-electron chi connectivity index (χ1n) is 8.55. The molecular weight excluding hydrogens is 246 g/mol. The molecule has 0 fully saturated rings. The summed E-state index contributed by atoms with van der Waals surface area (Å²) in [5.41, 5.74) is 5.62. The van der Waals surface area contributed by atoms with Gasteiger partial charge in [0.1, 0.15) is 0 Å². The van der Waals surface area contributed by atoms with Crippen molar-refractivity contribution in [3.05, 3.63) is 0 Å². The first-order valence-corrected chi connectivity index (χ1v) is 8.55. The maximum Gasteiger partial charge on any atom is 0.0688 e. The normalized spacial score (nSPS) is 13.9. The van der Waals surface area contributed by atoms with Crippen molar-refractivity contribution < 1.29 is 5.11 Å². The van der Waals surface area contributed by atoms with Crippen LogP contribution in [0.2, 0.25) is 0 Å². The number of hydrogen-bond acceptors (Lipinski definition) is 2. The summed E-state index contributed by atoms with van der Waals surface area (Å²) in [4.78, 5) is 0. The van der Waals surface area contributed by atoms with E-state index in [4.69, 9.17) is 12.2 Å². The van der Waals surface area contributed by atoms with Crippen molar-refractivity contribution in [1.29, 1.82) is 0 Å². The predicted octanol–water partition coefficient (Wildman–Crippen LogP) is 4.40. The summed E-state index contributed by atoms with van der Waals surface area (Å²) in [6.07, 6.45) is 21.0. The van der Waals surface area contributed by atoms with Crippen molar-refractivity contribution >= 4 is 0 Å². The fourth-order valence-corrected chi connectivity index (χ4v) is 2.43. The number of rotatable bonds is 14. The Hall–Kier alpha value is -0.520. The standard InChI is InChI=1S/C18H35NO/c1-3-4-5-6-7-8-9-10-11-12-13-14-15-16-18(20)17(2)19/h1,17-18,20H,4-16,19H2,2H3. The molecule has 0 bridgehead atoms. The van der Waals surface area contributed by atoms with Gasteiger partial charge in [0.05, 0.1) is 6.10 Å². The van der Waals surface area contributed by atoms with Crippen molar-refractivity contribution in [2.75, 3.05) is 0 Å². The average molecular weight is 281 g/mol. The van der Waals surface area contributed by atoms with Gasteiger partial charge in [-0.3, -0.25) is 0 Å². The summed E-state index contributed by atoms with van der Waals surface area (Å²) >= 11 is 0. The molecule has 3 N–H and O–H groups in total. The van der Waals surface area contributed by atoms with Gasteiger partial charge in [-0.2, -0.15) is 0 Å². The summed E-state index contributed by atoms with van der Waals surface area (Å²) in [5, 5.41) is 9.57. The third-order valence-corrected chi connectivity index (χ3v) is 3.93. The van der Waals surface area contributed by atoms with E-state index < -0.39 is 0 Å². The average Bonchev–Trinajstić information content (AvgIpc) is 2.43. The molecule has 2 atom stereocenters. The maximum absolute atomic E-state index is 9.57. The minimum absolute atomic E-state index is 0.0874. The third-order valence-electron chi connectivity index (χ3n) is 3.93. The van der Waals surface area contributed by atoms with E-state index in [1.54, 1.807) is 0 Å². The Bertz CT molecular complexity index is 232. The van der Waals surface area contributed by atoms with E-state index >= 15 is 0 Å². The van der Waals surface area contributed by atoms with Crippen LogP contribution in [-0.4, -0.2) is 17.3 Å². The van der Waals surface area contributed by atoms with Crippen LogP contribution < -0.4 is 5.73 Å². The van der Waals surface area contributed by atoms with Gasteiger partial charge < -0.3 is 10.8 Å². The van der Waals surface area contributed by atoms with Crippen molar-refractivity contribution in [2.24, 2.45) is 5.73 Å². The highest BCUT2D eigenvalue weighted by Gasteiger charge is 2.07. The molecule has 0 spiro atoms. The Morgan fingerprint density at radius 2 is 1.25 bits per heavy atom. The zero-order chi connectivity index (χ0) is 15.1. The zero-order valence-electron chi connectivity index (χ0n) is 13.4. The number of nitrogens with two attached hydrogens (primary N) is 1. The maximum atomic E-state index is 9.57. The number of aliphatic hydroxyl groups excluding tert-OH is 1. The summed E-state index contributed by atoms with van der Waals surface area (Å²) in [5.74, 6) is 2.69. The van der Waals surface area contributed by atoms with Gasteiger partial charge in [-0.05, 0) is 19.8 Å². The molecule has 0 aliphatic carbocycles. The summed E-state index contributed by atoms with van der Waals surface area (Å²) in [7, 11) is 0. The van der Waals surface area contributed by atoms with E-state index in [9.17, 15) is 5.11 Å². The van der Waals surface area contributed by atoms with E-state index in [0.29, 0.717) is 0 Å². The van der Waals surface area contributed by atoms with E-state index in [-0.39, 0.29) is 12.1 Å². The molecule has 0 amide bonds. The molecule has 0 heterocycles. The lowest BCUT2D eigenvalue weighted by molar-refractivity contribution is 0.138. The van der Waals surface area contributed by atoms with Gasteiger partial charge >= 0.3 is 0 Å². The molecule has 0 aliphatic rings. The van der Waals surface area contributed by atoms with Crippen LogP contribution in [0.4, 0.5) is 0 Å². The molecule has 0 aliphatic heterocycles. The number of unbranched alkanes of at least 4 members (excludes halogenated alkanes) is 11. The van der Waals surface area contributed by atoms with Crippen LogP contribution in [0.1, 0.15) is 90.4 Å². The lowest BCUT2D eigenvalue weighted by atomic mass is 10.0. The molecule has 118 valence electrons. The second-order valence-electron chi connectivity index (χ2n) is 6.06. The molecule has 2 heteroatoms. The van der Waals surface area contributed by atoms with Crippen molar-refractivity contribution in [1.82, 2.24) is 0 Å². The molecule has 20 heavy (non-hydrogen) atoms. The highest BCUT2D eigenvalue weighted by molar-refractivity contribution is 4.82. The number of aliphatic hydroxyl groups is 1. The van der Waals surface area contributed by atoms with E-state index in [1.807, 2.05) is 6.92 Å². The Labute approximate surface area is 126 Å². The molecular formula is C18H35NO. The Kier molecular flexibility index (Phi) is 14.5. The highest BCUT2D eigenvalue weighted by atomic mass is 16.3. The van der Waals surface area contributed by atoms with Crippen LogP contribution in [-0.2, 0) is 0 Å². The number of hydrogen-bond donors (Lipinski definition) is 2. The predicted molar refractivity (Wildman–Crippen MR) is 88.5 cm³/mol. The second kappa shape index (κ2) is 14.9. The van der Waals surface area contributed by atoms with Crippen LogP contribution in [0.25, 0.3) is 0 Å². The summed E-state index contributed by atoms with van der Waals surface area (Å²) in [6, 6.07) is -0.0874. The van der Waals surface area contributed by atoms with Gasteiger partial charge in [0.2, 0.25) is 0 Å². The van der Waals surface area contributed by atoms with Crippen LogP contribution in [0.15, 0.2) is 0 Å². The van der Waals surface area contributed by atoms with Crippen molar-refractivity contribution in [2.45, 2.75) is 103 Å². The van der Waals surface area contributed by atoms with E-state index in [0.717, 1.165) is 19.3 Å². The van der Waals surface area contributed by atoms with Crippen LogP contribution >= 0.6 is 0 Å². The molecule has 0 saturated carbocycles. The summed E-state index contributed by atoms with van der Waals surface area (Å²) < 4.78 is 0. The monoisotopic (exact) mass is 281 g/mol.